The first-order valence-corrected chi connectivity index (χ1v) is 7.08. The van der Waals surface area contributed by atoms with Crippen LogP contribution in [0.3, 0.4) is 0 Å². The Kier molecular flexibility index (Phi) is 7.08. The van der Waals surface area contributed by atoms with Crippen LogP contribution in [-0.4, -0.2) is 6.04 Å². The molecule has 1 rings (SSSR count). The maximum Gasteiger partial charge on any atom is 0.00414 e. The summed E-state index contributed by atoms with van der Waals surface area (Å²) >= 11 is 0. The molecule has 0 heterocycles. The fourth-order valence-electron chi connectivity index (χ4n) is 2.80. The number of hydrogen-bond acceptors (Lipinski definition) is 1. The first kappa shape index (κ1) is 13.0. The predicted octanol–water partition coefficient (Wildman–Crippen LogP) is 4.25. The maximum atomic E-state index is 6.17. The van der Waals surface area contributed by atoms with Crippen molar-refractivity contribution in [2.45, 2.75) is 83.6 Å². The number of nitrogens with two attached hydrogens (primary N) is 1. The Balaban J connectivity index is 1.91. The van der Waals surface area contributed by atoms with E-state index < -0.39 is 0 Å². The fourth-order valence-corrected chi connectivity index (χ4v) is 2.80. The Labute approximate surface area is 95.8 Å². The van der Waals surface area contributed by atoms with Gasteiger partial charge in [-0.1, -0.05) is 64.7 Å². The minimum atomic E-state index is 0.495. The molecule has 2 N–H and O–H groups in total. The van der Waals surface area contributed by atoms with Crippen LogP contribution < -0.4 is 5.73 Å². The monoisotopic (exact) mass is 211 g/mol. The standard InChI is InChI=1S/C14H29N/c1-2-3-4-5-6-11-14(15)12-13-9-7-8-10-13/h13-14H,2-12,15H2,1H3. The molecule has 0 saturated heterocycles. The van der Waals surface area contributed by atoms with Crippen molar-refractivity contribution in [3.05, 3.63) is 0 Å². The summed E-state index contributed by atoms with van der Waals surface area (Å²) in [6.45, 7) is 2.27. The normalized spacial score (nSPS) is 19.6. The smallest absolute Gasteiger partial charge is 0.00414 e. The molecular weight excluding hydrogens is 182 g/mol. The Morgan fingerprint density at radius 3 is 2.40 bits per heavy atom. The van der Waals surface area contributed by atoms with Gasteiger partial charge in [-0.15, -0.1) is 0 Å². The molecule has 1 nitrogen and oxygen atoms in total. The second-order valence-corrected chi connectivity index (χ2v) is 5.35. The van der Waals surface area contributed by atoms with Crippen LogP contribution in [0.1, 0.15) is 77.6 Å². The van der Waals surface area contributed by atoms with Gasteiger partial charge in [0.2, 0.25) is 0 Å². The zero-order valence-electron chi connectivity index (χ0n) is 10.5. The van der Waals surface area contributed by atoms with E-state index >= 15 is 0 Å². The molecule has 1 aliphatic carbocycles. The second kappa shape index (κ2) is 8.15. The first-order chi connectivity index (χ1) is 7.33. The van der Waals surface area contributed by atoms with Crippen molar-refractivity contribution in [3.63, 3.8) is 0 Å². The first-order valence-electron chi connectivity index (χ1n) is 7.08. The van der Waals surface area contributed by atoms with Crippen molar-refractivity contribution >= 4 is 0 Å². The van der Waals surface area contributed by atoms with Crippen molar-refractivity contribution in [3.8, 4) is 0 Å². The van der Waals surface area contributed by atoms with Gasteiger partial charge in [-0.05, 0) is 18.8 Å². The molecule has 0 aliphatic heterocycles. The van der Waals surface area contributed by atoms with Gasteiger partial charge < -0.3 is 5.73 Å². The molecule has 1 saturated carbocycles. The Morgan fingerprint density at radius 2 is 1.73 bits per heavy atom. The molecule has 0 aromatic heterocycles. The van der Waals surface area contributed by atoms with Gasteiger partial charge in [0, 0.05) is 6.04 Å². The number of hydrogen-bond donors (Lipinski definition) is 1. The van der Waals surface area contributed by atoms with Crippen LogP contribution in [0.5, 0.6) is 0 Å². The molecule has 0 spiro atoms. The molecule has 15 heavy (non-hydrogen) atoms. The van der Waals surface area contributed by atoms with Crippen LogP contribution in [0, 0.1) is 5.92 Å². The lowest BCUT2D eigenvalue weighted by Gasteiger charge is -2.15. The van der Waals surface area contributed by atoms with Crippen LogP contribution in [0.4, 0.5) is 0 Å². The Hall–Kier alpha value is -0.0400. The lowest BCUT2D eigenvalue weighted by molar-refractivity contribution is 0.415. The van der Waals surface area contributed by atoms with Crippen molar-refractivity contribution in [2.24, 2.45) is 11.7 Å². The molecule has 1 aliphatic rings. The van der Waals surface area contributed by atoms with Gasteiger partial charge >= 0.3 is 0 Å². The molecule has 0 radical (unpaired) electrons. The quantitative estimate of drug-likeness (QED) is 0.597. The van der Waals surface area contributed by atoms with Crippen LogP contribution in [-0.2, 0) is 0 Å². The van der Waals surface area contributed by atoms with Gasteiger partial charge in [-0.3, -0.25) is 0 Å². The summed E-state index contributed by atoms with van der Waals surface area (Å²) in [5.74, 6) is 0.968. The van der Waals surface area contributed by atoms with E-state index in [1.807, 2.05) is 0 Å². The Morgan fingerprint density at radius 1 is 1.07 bits per heavy atom. The van der Waals surface area contributed by atoms with Crippen molar-refractivity contribution in [2.75, 3.05) is 0 Å². The number of rotatable bonds is 8. The third-order valence-electron chi connectivity index (χ3n) is 3.79. The highest BCUT2D eigenvalue weighted by Crippen LogP contribution is 2.29. The molecule has 1 fully saturated rings. The summed E-state index contributed by atoms with van der Waals surface area (Å²) in [7, 11) is 0. The van der Waals surface area contributed by atoms with Gasteiger partial charge in [-0.2, -0.15) is 0 Å². The summed E-state index contributed by atoms with van der Waals surface area (Å²) in [4.78, 5) is 0. The average Bonchev–Trinajstić information content (AvgIpc) is 2.70. The van der Waals surface area contributed by atoms with E-state index in [1.54, 1.807) is 0 Å². The maximum absolute atomic E-state index is 6.17. The topological polar surface area (TPSA) is 26.0 Å². The van der Waals surface area contributed by atoms with Gasteiger partial charge in [0.25, 0.3) is 0 Å². The summed E-state index contributed by atoms with van der Waals surface area (Å²) in [6, 6.07) is 0.495. The minimum Gasteiger partial charge on any atom is -0.328 e. The van der Waals surface area contributed by atoms with Crippen molar-refractivity contribution < 1.29 is 0 Å². The van der Waals surface area contributed by atoms with E-state index in [1.165, 1.54) is 70.6 Å². The minimum absolute atomic E-state index is 0.495. The largest absolute Gasteiger partial charge is 0.328 e. The van der Waals surface area contributed by atoms with E-state index in [0.717, 1.165) is 5.92 Å². The molecule has 90 valence electrons. The Bertz CT molecular complexity index is 138. The highest BCUT2D eigenvalue weighted by molar-refractivity contribution is 4.73. The lowest BCUT2D eigenvalue weighted by atomic mass is 9.95. The van der Waals surface area contributed by atoms with Crippen LogP contribution >= 0.6 is 0 Å². The SMILES string of the molecule is CCCCCCCC(N)CC1CCCC1. The molecule has 1 unspecified atom stereocenters. The predicted molar refractivity (Wildman–Crippen MR) is 67.9 cm³/mol. The fraction of sp³-hybridized carbons (Fsp3) is 1.00. The highest BCUT2D eigenvalue weighted by Gasteiger charge is 2.17. The molecular formula is C14H29N. The van der Waals surface area contributed by atoms with Crippen molar-refractivity contribution in [1.29, 1.82) is 0 Å². The summed E-state index contributed by atoms with van der Waals surface area (Å²) < 4.78 is 0. The van der Waals surface area contributed by atoms with Gasteiger partial charge in [0.15, 0.2) is 0 Å². The summed E-state index contributed by atoms with van der Waals surface area (Å²) in [6.07, 6.45) is 15.3. The molecule has 1 atom stereocenters. The molecule has 0 amide bonds. The van der Waals surface area contributed by atoms with E-state index in [9.17, 15) is 0 Å². The molecule has 1 heteroatoms. The highest BCUT2D eigenvalue weighted by atomic mass is 14.6. The van der Waals surface area contributed by atoms with Gasteiger partial charge in [0.05, 0.1) is 0 Å². The molecule has 0 bridgehead atoms. The van der Waals surface area contributed by atoms with Crippen LogP contribution in [0.15, 0.2) is 0 Å². The molecule has 0 aromatic carbocycles. The second-order valence-electron chi connectivity index (χ2n) is 5.35. The molecule has 0 aromatic rings. The third kappa shape index (κ3) is 6.19. The van der Waals surface area contributed by atoms with E-state index in [4.69, 9.17) is 5.73 Å². The average molecular weight is 211 g/mol. The van der Waals surface area contributed by atoms with E-state index in [-0.39, 0.29) is 0 Å². The van der Waals surface area contributed by atoms with Gasteiger partial charge in [-0.25, -0.2) is 0 Å². The zero-order chi connectivity index (χ0) is 10.9. The van der Waals surface area contributed by atoms with Crippen molar-refractivity contribution in [1.82, 2.24) is 0 Å². The van der Waals surface area contributed by atoms with E-state index in [0.29, 0.717) is 6.04 Å². The van der Waals surface area contributed by atoms with E-state index in [2.05, 4.69) is 6.92 Å². The summed E-state index contributed by atoms with van der Waals surface area (Å²) in [5, 5.41) is 0. The third-order valence-corrected chi connectivity index (χ3v) is 3.79. The summed E-state index contributed by atoms with van der Waals surface area (Å²) in [5.41, 5.74) is 6.17. The number of unbranched alkanes of at least 4 members (excludes halogenated alkanes) is 4. The lowest BCUT2D eigenvalue weighted by Crippen LogP contribution is -2.22. The van der Waals surface area contributed by atoms with Crippen LogP contribution in [0.2, 0.25) is 0 Å². The van der Waals surface area contributed by atoms with Crippen LogP contribution in [0.25, 0.3) is 0 Å². The zero-order valence-corrected chi connectivity index (χ0v) is 10.5. The van der Waals surface area contributed by atoms with Gasteiger partial charge in [0.1, 0.15) is 0 Å².